The van der Waals surface area contributed by atoms with Gasteiger partial charge in [-0.15, -0.1) is 11.8 Å². The third-order valence-electron chi connectivity index (χ3n) is 3.81. The zero-order valence-electron chi connectivity index (χ0n) is 12.3. The van der Waals surface area contributed by atoms with Crippen LogP contribution in [0.1, 0.15) is 25.7 Å². The highest BCUT2D eigenvalue weighted by molar-refractivity contribution is 9.10. The molecule has 1 N–H and O–H groups in total. The molecule has 0 aromatic heterocycles. The van der Waals surface area contributed by atoms with Crippen LogP contribution in [0.15, 0.2) is 33.6 Å². The first kappa shape index (κ1) is 17.3. The van der Waals surface area contributed by atoms with Gasteiger partial charge in [-0.3, -0.25) is 9.59 Å². The topological polar surface area (TPSA) is 57.6 Å². The number of aliphatic carboxylic acids is 1. The first-order chi connectivity index (χ1) is 10.6. The number of halogens is 1. The van der Waals surface area contributed by atoms with Crippen molar-refractivity contribution in [2.24, 2.45) is 5.92 Å². The van der Waals surface area contributed by atoms with E-state index in [9.17, 15) is 9.59 Å². The summed E-state index contributed by atoms with van der Waals surface area (Å²) in [5, 5.41) is 8.95. The van der Waals surface area contributed by atoms with Crippen LogP contribution in [-0.4, -0.2) is 40.7 Å². The van der Waals surface area contributed by atoms with Gasteiger partial charge in [0.05, 0.1) is 5.92 Å². The number of benzene rings is 1. The van der Waals surface area contributed by atoms with E-state index in [1.807, 2.05) is 17.0 Å². The van der Waals surface area contributed by atoms with Crippen LogP contribution in [0.3, 0.4) is 0 Å². The second-order valence-electron chi connectivity index (χ2n) is 5.40. The molecule has 0 atom stereocenters. The molecule has 0 saturated carbocycles. The van der Waals surface area contributed by atoms with E-state index in [1.54, 1.807) is 11.8 Å². The summed E-state index contributed by atoms with van der Waals surface area (Å²) in [4.78, 5) is 26.0. The molecule has 22 heavy (non-hydrogen) atoms. The van der Waals surface area contributed by atoms with E-state index < -0.39 is 5.97 Å². The highest BCUT2D eigenvalue weighted by Crippen LogP contribution is 2.22. The Kier molecular flexibility index (Phi) is 6.76. The van der Waals surface area contributed by atoms with Crippen molar-refractivity contribution in [3.8, 4) is 0 Å². The number of carboxylic acid groups (broad SMARTS) is 1. The molecule has 6 heteroatoms. The van der Waals surface area contributed by atoms with E-state index in [4.69, 9.17) is 5.11 Å². The molecule has 1 aromatic rings. The Morgan fingerprint density at radius 3 is 2.45 bits per heavy atom. The number of hydrogen-bond donors (Lipinski definition) is 1. The van der Waals surface area contributed by atoms with Crippen LogP contribution >= 0.6 is 27.7 Å². The van der Waals surface area contributed by atoms with Crippen molar-refractivity contribution >= 4 is 39.6 Å². The summed E-state index contributed by atoms with van der Waals surface area (Å²) in [7, 11) is 0. The lowest BCUT2D eigenvalue weighted by Gasteiger charge is -2.30. The van der Waals surface area contributed by atoms with Crippen LogP contribution in [0, 0.1) is 5.92 Å². The van der Waals surface area contributed by atoms with Gasteiger partial charge in [-0.1, -0.05) is 15.9 Å². The number of carbonyl (C=O) groups is 2. The third-order valence-corrected chi connectivity index (χ3v) is 5.44. The third kappa shape index (κ3) is 5.32. The smallest absolute Gasteiger partial charge is 0.306 e. The minimum absolute atomic E-state index is 0.153. The number of thioether (sulfide) groups is 1. The van der Waals surface area contributed by atoms with Gasteiger partial charge < -0.3 is 10.0 Å². The van der Waals surface area contributed by atoms with Crippen molar-refractivity contribution in [3.63, 3.8) is 0 Å². The summed E-state index contributed by atoms with van der Waals surface area (Å²) in [6, 6.07) is 8.15. The normalized spacial score (nSPS) is 15.8. The van der Waals surface area contributed by atoms with Crippen LogP contribution in [0.25, 0.3) is 0 Å². The van der Waals surface area contributed by atoms with Gasteiger partial charge in [-0.05, 0) is 49.3 Å². The molecule has 0 unspecified atom stereocenters. The molecule has 0 radical (unpaired) electrons. The molecule has 0 bridgehead atoms. The van der Waals surface area contributed by atoms with Gasteiger partial charge in [-0.25, -0.2) is 0 Å². The zero-order chi connectivity index (χ0) is 15.9. The van der Waals surface area contributed by atoms with Gasteiger partial charge in [-0.2, -0.15) is 0 Å². The quantitative estimate of drug-likeness (QED) is 0.599. The van der Waals surface area contributed by atoms with Gasteiger partial charge in [0, 0.05) is 28.9 Å². The largest absolute Gasteiger partial charge is 0.481 e. The van der Waals surface area contributed by atoms with Crippen LogP contribution in [0.5, 0.6) is 0 Å². The zero-order valence-corrected chi connectivity index (χ0v) is 14.7. The molecule has 1 heterocycles. The monoisotopic (exact) mass is 385 g/mol. The van der Waals surface area contributed by atoms with Crippen LogP contribution in [0.4, 0.5) is 0 Å². The Labute approximate surface area is 143 Å². The molecule has 1 fully saturated rings. The lowest BCUT2D eigenvalue weighted by Crippen LogP contribution is -2.40. The van der Waals surface area contributed by atoms with Gasteiger partial charge in [0.15, 0.2) is 0 Å². The maximum atomic E-state index is 12.1. The van der Waals surface area contributed by atoms with E-state index in [0.717, 1.165) is 16.6 Å². The first-order valence-electron chi connectivity index (χ1n) is 7.45. The average Bonchev–Trinajstić information content (AvgIpc) is 2.53. The number of piperidine rings is 1. The second-order valence-corrected chi connectivity index (χ2v) is 7.48. The fourth-order valence-corrected chi connectivity index (χ4v) is 3.60. The number of nitrogens with zero attached hydrogens (tertiary/aromatic N) is 1. The number of likely N-dealkylation sites (tertiary alicyclic amines) is 1. The summed E-state index contributed by atoms with van der Waals surface area (Å²) in [5.41, 5.74) is 0. The summed E-state index contributed by atoms with van der Waals surface area (Å²) in [6.45, 7) is 1.16. The molecule has 1 aliphatic heterocycles. The first-order valence-corrected chi connectivity index (χ1v) is 9.23. The summed E-state index contributed by atoms with van der Waals surface area (Å²) < 4.78 is 1.07. The minimum atomic E-state index is -0.738. The number of hydrogen-bond acceptors (Lipinski definition) is 3. The Morgan fingerprint density at radius 2 is 1.86 bits per heavy atom. The van der Waals surface area contributed by atoms with Crippen molar-refractivity contribution in [3.05, 3.63) is 28.7 Å². The summed E-state index contributed by atoms with van der Waals surface area (Å²) >= 11 is 5.16. The van der Waals surface area contributed by atoms with E-state index >= 15 is 0 Å². The van der Waals surface area contributed by atoms with E-state index in [1.165, 1.54) is 4.90 Å². The molecule has 1 aromatic carbocycles. The fourth-order valence-electron chi connectivity index (χ4n) is 2.48. The number of amides is 1. The molecule has 2 rings (SSSR count). The molecule has 1 saturated heterocycles. The van der Waals surface area contributed by atoms with E-state index in [-0.39, 0.29) is 11.8 Å². The van der Waals surface area contributed by atoms with Crippen LogP contribution in [-0.2, 0) is 9.59 Å². The maximum absolute atomic E-state index is 12.1. The van der Waals surface area contributed by atoms with Gasteiger partial charge in [0.2, 0.25) is 5.91 Å². The predicted octanol–water partition coefficient (Wildman–Crippen LogP) is 3.64. The lowest BCUT2D eigenvalue weighted by molar-refractivity contribution is -0.145. The molecule has 1 amide bonds. The van der Waals surface area contributed by atoms with Crippen LogP contribution in [0.2, 0.25) is 0 Å². The Bertz CT molecular complexity index is 513. The average molecular weight is 386 g/mol. The SMILES string of the molecule is O=C(O)C1CCN(C(=O)CCCSc2ccc(Br)cc2)CC1. The number of carbonyl (C=O) groups excluding carboxylic acids is 1. The highest BCUT2D eigenvalue weighted by atomic mass is 79.9. The summed E-state index contributed by atoms with van der Waals surface area (Å²) in [5.74, 6) is 0.0501. The molecule has 120 valence electrons. The summed E-state index contributed by atoms with van der Waals surface area (Å²) in [6.07, 6.45) is 2.54. The lowest BCUT2D eigenvalue weighted by atomic mass is 9.97. The van der Waals surface area contributed by atoms with Gasteiger partial charge in [0.25, 0.3) is 0 Å². The van der Waals surface area contributed by atoms with Crippen LogP contribution < -0.4 is 0 Å². The molecule has 1 aliphatic rings. The molecular weight excluding hydrogens is 366 g/mol. The Morgan fingerprint density at radius 1 is 1.23 bits per heavy atom. The molecule has 4 nitrogen and oxygen atoms in total. The predicted molar refractivity (Wildman–Crippen MR) is 91.0 cm³/mol. The van der Waals surface area contributed by atoms with Crippen molar-refractivity contribution in [2.75, 3.05) is 18.8 Å². The van der Waals surface area contributed by atoms with Crippen molar-refractivity contribution < 1.29 is 14.7 Å². The van der Waals surface area contributed by atoms with Crippen molar-refractivity contribution in [2.45, 2.75) is 30.6 Å². The van der Waals surface area contributed by atoms with Gasteiger partial charge >= 0.3 is 5.97 Å². The Hall–Kier alpha value is -1.01. The van der Waals surface area contributed by atoms with Crippen molar-refractivity contribution in [1.82, 2.24) is 4.90 Å². The highest BCUT2D eigenvalue weighted by Gasteiger charge is 2.26. The second kappa shape index (κ2) is 8.58. The number of rotatable bonds is 6. The van der Waals surface area contributed by atoms with E-state index in [0.29, 0.717) is 32.4 Å². The van der Waals surface area contributed by atoms with Gasteiger partial charge in [0.1, 0.15) is 0 Å². The molecule has 0 spiro atoms. The molecule has 0 aliphatic carbocycles. The molecular formula is C16H20BrNO3S. The Balaban J connectivity index is 1.64. The van der Waals surface area contributed by atoms with E-state index in [2.05, 4.69) is 28.1 Å². The fraction of sp³-hybridized carbons (Fsp3) is 0.500. The minimum Gasteiger partial charge on any atom is -0.481 e. The number of carboxylic acids is 1. The van der Waals surface area contributed by atoms with Crippen molar-refractivity contribution in [1.29, 1.82) is 0 Å². The standard InChI is InChI=1S/C16H20BrNO3S/c17-13-3-5-14(6-4-13)22-11-1-2-15(19)18-9-7-12(8-10-18)16(20)21/h3-6,12H,1-2,7-11H2,(H,20,21). The maximum Gasteiger partial charge on any atom is 0.306 e.